The van der Waals surface area contributed by atoms with Crippen molar-refractivity contribution in [3.63, 3.8) is 0 Å². The van der Waals surface area contributed by atoms with E-state index in [2.05, 4.69) is 11.4 Å². The van der Waals surface area contributed by atoms with Crippen molar-refractivity contribution in [2.75, 3.05) is 26.4 Å². The molecule has 0 fully saturated rings. The van der Waals surface area contributed by atoms with Gasteiger partial charge in [-0.3, -0.25) is 4.79 Å². The summed E-state index contributed by atoms with van der Waals surface area (Å²) in [7, 11) is 0. The van der Waals surface area contributed by atoms with Crippen molar-refractivity contribution in [1.29, 1.82) is 5.26 Å². The second kappa shape index (κ2) is 11.6. The third-order valence-corrected chi connectivity index (χ3v) is 4.09. The van der Waals surface area contributed by atoms with Gasteiger partial charge < -0.3 is 19.5 Å². The zero-order valence-corrected chi connectivity index (χ0v) is 17.3. The number of hydrogen-bond donors (Lipinski definition) is 1. The van der Waals surface area contributed by atoms with Crippen LogP contribution >= 0.6 is 0 Å². The van der Waals surface area contributed by atoms with Gasteiger partial charge in [-0.15, -0.1) is 0 Å². The van der Waals surface area contributed by atoms with Gasteiger partial charge in [0.2, 0.25) is 5.91 Å². The number of carbonyl (C=O) groups is 1. The second-order valence-electron chi connectivity index (χ2n) is 6.67. The largest absolute Gasteiger partial charge is 0.490 e. The fourth-order valence-electron chi connectivity index (χ4n) is 2.90. The van der Waals surface area contributed by atoms with Crippen LogP contribution in [0.2, 0.25) is 0 Å². The number of hydrogen-bond acceptors (Lipinski definition) is 5. The van der Waals surface area contributed by atoms with Crippen LogP contribution in [0.25, 0.3) is 0 Å². The second-order valence-corrected chi connectivity index (χ2v) is 6.67. The summed E-state index contributed by atoms with van der Waals surface area (Å²) in [4.78, 5) is 11.4. The van der Waals surface area contributed by atoms with Crippen LogP contribution in [0.4, 0.5) is 0 Å². The summed E-state index contributed by atoms with van der Waals surface area (Å²) in [5.41, 5.74) is 3.35. The smallest absolute Gasteiger partial charge is 0.234 e. The van der Waals surface area contributed by atoms with Crippen LogP contribution in [0.15, 0.2) is 36.4 Å². The van der Waals surface area contributed by atoms with Gasteiger partial charge in [0.05, 0.1) is 12.7 Å². The molecule has 154 valence electrons. The number of rotatable bonds is 11. The molecule has 0 saturated carbocycles. The summed E-state index contributed by atoms with van der Waals surface area (Å²) in [6.07, 6.45) is 0.522. The Bertz CT molecular complexity index is 838. The highest BCUT2D eigenvalue weighted by molar-refractivity contribution is 5.77. The molecule has 29 heavy (non-hydrogen) atoms. The minimum Gasteiger partial charge on any atom is -0.490 e. The first-order chi connectivity index (χ1) is 14.0. The van der Waals surface area contributed by atoms with Crippen LogP contribution in [0.3, 0.4) is 0 Å². The molecule has 0 saturated heterocycles. The number of nitriles is 1. The molecule has 0 aliphatic heterocycles. The molecule has 0 heterocycles. The van der Waals surface area contributed by atoms with Gasteiger partial charge in [-0.2, -0.15) is 5.26 Å². The molecule has 0 aliphatic rings. The van der Waals surface area contributed by atoms with E-state index in [9.17, 15) is 4.79 Å². The van der Waals surface area contributed by atoms with Crippen molar-refractivity contribution in [2.24, 2.45) is 0 Å². The van der Waals surface area contributed by atoms with Crippen LogP contribution < -0.4 is 19.5 Å². The van der Waals surface area contributed by atoms with Crippen LogP contribution in [0, 0.1) is 25.2 Å². The van der Waals surface area contributed by atoms with Gasteiger partial charge in [0.25, 0.3) is 0 Å². The summed E-state index contributed by atoms with van der Waals surface area (Å²) in [5, 5.41) is 11.2. The lowest BCUT2D eigenvalue weighted by Gasteiger charge is -2.14. The maximum absolute atomic E-state index is 11.4. The van der Waals surface area contributed by atoms with Crippen molar-refractivity contribution in [3.8, 4) is 23.3 Å². The summed E-state index contributed by atoms with van der Waals surface area (Å²) >= 11 is 0. The Morgan fingerprint density at radius 3 is 2.41 bits per heavy atom. The number of carbonyl (C=O) groups excluding carboxylic acids is 1. The Balaban J connectivity index is 1.87. The maximum Gasteiger partial charge on any atom is 0.234 e. The van der Waals surface area contributed by atoms with Gasteiger partial charge in [0.15, 0.2) is 11.5 Å². The van der Waals surface area contributed by atoms with E-state index in [0.717, 1.165) is 11.3 Å². The Hall–Kier alpha value is -3.20. The summed E-state index contributed by atoms with van der Waals surface area (Å²) in [5.74, 6) is 1.90. The molecule has 0 radical (unpaired) electrons. The summed E-state index contributed by atoms with van der Waals surface area (Å²) in [6.45, 7) is 7.83. The summed E-state index contributed by atoms with van der Waals surface area (Å²) < 4.78 is 17.3. The molecule has 0 unspecified atom stereocenters. The molecule has 2 rings (SSSR count). The number of benzene rings is 2. The van der Waals surface area contributed by atoms with Crippen LogP contribution in [0.1, 0.15) is 30.0 Å². The number of ether oxygens (including phenoxy) is 3. The highest BCUT2D eigenvalue weighted by atomic mass is 16.5. The van der Waals surface area contributed by atoms with E-state index in [1.54, 1.807) is 0 Å². The standard InChI is InChI=1S/C23H28N2O4/c1-4-27-22-16-19(8-10-25-23(26)7-9-24)5-6-21(22)29-12-11-28-20-14-17(2)13-18(3)15-20/h5-6,13-16H,4,7-8,10-12H2,1-3H3,(H,25,26). The molecule has 0 bridgehead atoms. The van der Waals surface area contributed by atoms with Gasteiger partial charge in [-0.1, -0.05) is 12.1 Å². The van der Waals surface area contributed by atoms with Gasteiger partial charge >= 0.3 is 0 Å². The van der Waals surface area contributed by atoms with Gasteiger partial charge in [-0.25, -0.2) is 0 Å². The predicted molar refractivity (Wildman–Crippen MR) is 111 cm³/mol. The van der Waals surface area contributed by atoms with E-state index in [1.165, 1.54) is 11.1 Å². The average molecular weight is 396 g/mol. The molecule has 2 aromatic rings. The minimum atomic E-state index is -0.263. The van der Waals surface area contributed by atoms with E-state index in [0.29, 0.717) is 44.3 Å². The first-order valence-corrected chi connectivity index (χ1v) is 9.75. The molecule has 0 spiro atoms. The minimum absolute atomic E-state index is 0.124. The third kappa shape index (κ3) is 7.74. The number of aryl methyl sites for hydroxylation is 2. The monoisotopic (exact) mass is 396 g/mol. The number of nitrogens with one attached hydrogen (secondary N) is 1. The topological polar surface area (TPSA) is 80.6 Å². The van der Waals surface area contributed by atoms with E-state index in [-0.39, 0.29) is 12.3 Å². The Morgan fingerprint density at radius 2 is 1.72 bits per heavy atom. The molecule has 6 heteroatoms. The first kappa shape index (κ1) is 22.1. The lowest BCUT2D eigenvalue weighted by atomic mass is 10.1. The van der Waals surface area contributed by atoms with E-state index in [4.69, 9.17) is 19.5 Å². The van der Waals surface area contributed by atoms with Crippen molar-refractivity contribution in [2.45, 2.75) is 33.6 Å². The zero-order chi connectivity index (χ0) is 21.1. The maximum atomic E-state index is 11.4. The fourth-order valence-corrected chi connectivity index (χ4v) is 2.90. The molecule has 1 amide bonds. The Morgan fingerprint density at radius 1 is 1.00 bits per heavy atom. The molecule has 0 aromatic heterocycles. The third-order valence-electron chi connectivity index (χ3n) is 4.09. The molecular formula is C23H28N2O4. The van der Waals surface area contributed by atoms with Crippen molar-refractivity contribution in [3.05, 3.63) is 53.1 Å². The Kier molecular flexibility index (Phi) is 8.84. The van der Waals surface area contributed by atoms with Crippen LogP contribution in [-0.4, -0.2) is 32.3 Å². The van der Waals surface area contributed by atoms with Crippen molar-refractivity contribution < 1.29 is 19.0 Å². The summed E-state index contributed by atoms with van der Waals surface area (Å²) in [6, 6.07) is 13.7. The van der Waals surface area contributed by atoms with Crippen LogP contribution in [-0.2, 0) is 11.2 Å². The van der Waals surface area contributed by atoms with Crippen molar-refractivity contribution >= 4 is 5.91 Å². The number of nitrogens with zero attached hydrogens (tertiary/aromatic N) is 1. The van der Waals surface area contributed by atoms with Crippen molar-refractivity contribution in [1.82, 2.24) is 5.32 Å². The molecule has 0 aliphatic carbocycles. The number of amides is 1. The lowest BCUT2D eigenvalue weighted by Crippen LogP contribution is -2.24. The highest BCUT2D eigenvalue weighted by Gasteiger charge is 2.08. The van der Waals surface area contributed by atoms with Gasteiger partial charge in [0, 0.05) is 6.54 Å². The zero-order valence-electron chi connectivity index (χ0n) is 17.3. The normalized spacial score (nSPS) is 10.1. The first-order valence-electron chi connectivity index (χ1n) is 9.75. The SMILES string of the molecule is CCOc1cc(CCNC(=O)CC#N)ccc1OCCOc1cc(C)cc(C)c1. The molecule has 0 atom stereocenters. The lowest BCUT2D eigenvalue weighted by molar-refractivity contribution is -0.120. The predicted octanol–water partition coefficient (Wildman–Crippen LogP) is 3.73. The van der Waals surface area contributed by atoms with Gasteiger partial charge in [-0.05, 0) is 68.1 Å². The molecule has 1 N–H and O–H groups in total. The van der Waals surface area contributed by atoms with E-state index in [1.807, 2.05) is 57.2 Å². The molecule has 2 aromatic carbocycles. The Labute approximate surface area is 172 Å². The quantitative estimate of drug-likeness (QED) is 0.585. The molecular weight excluding hydrogens is 368 g/mol. The van der Waals surface area contributed by atoms with Crippen LogP contribution in [0.5, 0.6) is 17.2 Å². The average Bonchev–Trinajstić information content (AvgIpc) is 2.66. The van der Waals surface area contributed by atoms with E-state index >= 15 is 0 Å². The highest BCUT2D eigenvalue weighted by Crippen LogP contribution is 2.28. The van der Waals surface area contributed by atoms with Gasteiger partial charge in [0.1, 0.15) is 25.4 Å². The van der Waals surface area contributed by atoms with E-state index < -0.39 is 0 Å². The molecule has 6 nitrogen and oxygen atoms in total. The fraction of sp³-hybridized carbons (Fsp3) is 0.391.